The first kappa shape index (κ1) is 20.3. The number of morpholine rings is 1. The van der Waals surface area contributed by atoms with E-state index in [1.54, 1.807) is 48.5 Å². The molecule has 2 aromatic carbocycles. The predicted octanol–water partition coefficient (Wildman–Crippen LogP) is 3.53. The summed E-state index contributed by atoms with van der Waals surface area (Å²) in [5, 5.41) is 12.5. The second-order valence-electron chi connectivity index (χ2n) is 9.06. The maximum Gasteiger partial charge on any atom is 0.347 e. The van der Waals surface area contributed by atoms with Gasteiger partial charge in [-0.3, -0.25) is 0 Å². The molecule has 3 saturated heterocycles. The summed E-state index contributed by atoms with van der Waals surface area (Å²) in [5.41, 5.74) is -1.30. The number of epoxide rings is 1. The van der Waals surface area contributed by atoms with Crippen LogP contribution in [-0.4, -0.2) is 60.0 Å². The molecule has 2 aromatic rings. The molecule has 0 aliphatic carbocycles. The Hall–Kier alpha value is -1.63. The minimum absolute atomic E-state index is 0.258. The average Bonchev–Trinajstić information content (AvgIpc) is 3.45. The SMILES string of the molecule is C[N+]1(C)C2CC(OC(=O)C(O)(c3cccc(Cl)c3)c3cccc(Cl)c3)C[C@H]1[C@@H]1OC21. The van der Waals surface area contributed by atoms with E-state index in [0.717, 1.165) is 17.3 Å². The van der Waals surface area contributed by atoms with Crippen LogP contribution in [0.25, 0.3) is 0 Å². The van der Waals surface area contributed by atoms with Crippen LogP contribution in [-0.2, 0) is 19.9 Å². The highest BCUT2D eigenvalue weighted by atomic mass is 35.5. The summed E-state index contributed by atoms with van der Waals surface area (Å²) < 4.78 is 12.7. The molecule has 5 rings (SSSR count). The van der Waals surface area contributed by atoms with Gasteiger partial charge in [-0.05, 0) is 24.3 Å². The van der Waals surface area contributed by atoms with Crippen molar-refractivity contribution < 1.29 is 23.9 Å². The first-order valence-electron chi connectivity index (χ1n) is 10.2. The molecule has 0 radical (unpaired) electrons. The number of aliphatic hydroxyl groups is 1. The van der Waals surface area contributed by atoms with Crippen LogP contribution in [0.3, 0.4) is 0 Å². The second kappa shape index (κ2) is 6.94. The Kier molecular flexibility index (Phi) is 4.69. The summed E-state index contributed by atoms with van der Waals surface area (Å²) >= 11 is 12.3. The standard InChI is InChI=1S/C23H24Cl2NO4/c1-26(2)18-11-17(12-19(26)21-20(18)30-21)29-22(27)23(28,13-5-3-7-15(24)9-13)14-6-4-8-16(25)10-14/h3-10,17-21,28H,11-12H2,1-2H3/q+1/t17?,18-,19?,20-,21?/m0/s1. The molecular weight excluding hydrogens is 425 g/mol. The number of quaternary nitrogens is 1. The van der Waals surface area contributed by atoms with Gasteiger partial charge in [0.1, 0.15) is 30.4 Å². The van der Waals surface area contributed by atoms with Crippen molar-refractivity contribution in [1.82, 2.24) is 0 Å². The molecule has 5 atom stereocenters. The zero-order chi connectivity index (χ0) is 21.3. The molecule has 3 fully saturated rings. The van der Waals surface area contributed by atoms with Crippen LogP contribution in [0.15, 0.2) is 48.5 Å². The van der Waals surface area contributed by atoms with Gasteiger partial charge in [0.25, 0.3) is 0 Å². The normalized spacial score (nSPS) is 31.2. The van der Waals surface area contributed by atoms with Crippen LogP contribution < -0.4 is 0 Å². The van der Waals surface area contributed by atoms with Gasteiger partial charge in [-0.15, -0.1) is 0 Å². The van der Waals surface area contributed by atoms with E-state index in [1.165, 1.54) is 0 Å². The van der Waals surface area contributed by atoms with E-state index in [9.17, 15) is 9.90 Å². The fourth-order valence-electron chi connectivity index (χ4n) is 5.37. The number of ether oxygens (including phenoxy) is 2. The smallest absolute Gasteiger partial charge is 0.347 e. The molecular formula is C23H24Cl2NO4+. The molecule has 2 bridgehead atoms. The molecule has 3 unspecified atom stereocenters. The summed E-state index contributed by atoms with van der Waals surface area (Å²) in [5.74, 6) is -0.710. The highest BCUT2D eigenvalue weighted by Gasteiger charge is 2.71. The number of likely N-dealkylation sites (N-methyl/N-ethyl adjacent to an activating group) is 1. The Balaban J connectivity index is 1.46. The number of esters is 1. The molecule has 158 valence electrons. The van der Waals surface area contributed by atoms with E-state index >= 15 is 0 Å². The van der Waals surface area contributed by atoms with Crippen molar-refractivity contribution in [2.45, 2.75) is 48.8 Å². The number of benzene rings is 2. The molecule has 0 saturated carbocycles. The lowest BCUT2D eigenvalue weighted by Gasteiger charge is -2.45. The van der Waals surface area contributed by atoms with E-state index in [-0.39, 0.29) is 18.3 Å². The number of halogens is 2. The van der Waals surface area contributed by atoms with E-state index < -0.39 is 11.6 Å². The molecule has 0 amide bonds. The maximum absolute atomic E-state index is 13.4. The van der Waals surface area contributed by atoms with Crippen molar-refractivity contribution in [3.63, 3.8) is 0 Å². The summed E-state index contributed by atoms with van der Waals surface area (Å²) in [4.78, 5) is 13.4. The van der Waals surface area contributed by atoms with Gasteiger partial charge in [0, 0.05) is 34.0 Å². The van der Waals surface area contributed by atoms with Crippen LogP contribution in [0.4, 0.5) is 0 Å². The molecule has 3 aliphatic rings. The van der Waals surface area contributed by atoms with Gasteiger partial charge in [-0.25, -0.2) is 4.79 Å². The number of carbonyl (C=O) groups is 1. The third-order valence-corrected chi connectivity index (χ3v) is 7.56. The van der Waals surface area contributed by atoms with Gasteiger partial charge in [0.05, 0.1) is 14.1 Å². The molecule has 0 spiro atoms. The van der Waals surface area contributed by atoms with Gasteiger partial charge in [0.15, 0.2) is 0 Å². The number of nitrogens with zero attached hydrogens (tertiary/aromatic N) is 1. The molecule has 3 aliphatic heterocycles. The number of hydrogen-bond donors (Lipinski definition) is 1. The van der Waals surface area contributed by atoms with Crippen LogP contribution in [0, 0.1) is 0 Å². The minimum Gasteiger partial charge on any atom is -0.459 e. The molecule has 5 nitrogen and oxygen atoms in total. The molecule has 0 aromatic heterocycles. The zero-order valence-corrected chi connectivity index (χ0v) is 18.3. The molecule has 1 N–H and O–H groups in total. The lowest BCUT2D eigenvalue weighted by atomic mass is 9.86. The van der Waals surface area contributed by atoms with Gasteiger partial charge < -0.3 is 19.1 Å². The van der Waals surface area contributed by atoms with E-state index in [0.29, 0.717) is 33.3 Å². The van der Waals surface area contributed by atoms with Crippen molar-refractivity contribution in [2.24, 2.45) is 0 Å². The lowest BCUT2D eigenvalue weighted by Crippen LogP contribution is -2.60. The Labute approximate surface area is 185 Å². The van der Waals surface area contributed by atoms with E-state index in [4.69, 9.17) is 32.7 Å². The van der Waals surface area contributed by atoms with Crippen LogP contribution >= 0.6 is 23.2 Å². The summed E-state index contributed by atoms with van der Waals surface area (Å²) in [7, 11) is 4.44. The largest absolute Gasteiger partial charge is 0.459 e. The van der Waals surface area contributed by atoms with Crippen LogP contribution in [0.2, 0.25) is 10.0 Å². The molecule has 30 heavy (non-hydrogen) atoms. The van der Waals surface area contributed by atoms with E-state index in [2.05, 4.69) is 14.1 Å². The van der Waals surface area contributed by atoms with Crippen molar-refractivity contribution in [3.05, 3.63) is 69.7 Å². The fourth-order valence-corrected chi connectivity index (χ4v) is 5.75. The van der Waals surface area contributed by atoms with Gasteiger partial charge >= 0.3 is 5.97 Å². The third kappa shape index (κ3) is 3.07. The Morgan fingerprint density at radius 3 is 2.00 bits per heavy atom. The van der Waals surface area contributed by atoms with Crippen molar-refractivity contribution >= 4 is 29.2 Å². The van der Waals surface area contributed by atoms with Crippen molar-refractivity contribution in [3.8, 4) is 0 Å². The molecule has 7 heteroatoms. The first-order valence-corrected chi connectivity index (χ1v) is 10.9. The number of rotatable bonds is 4. The van der Waals surface area contributed by atoms with Gasteiger partial charge in [-0.1, -0.05) is 47.5 Å². The van der Waals surface area contributed by atoms with Gasteiger partial charge in [-0.2, -0.15) is 0 Å². The third-order valence-electron chi connectivity index (χ3n) is 7.09. The second-order valence-corrected chi connectivity index (χ2v) is 9.93. The van der Waals surface area contributed by atoms with Crippen LogP contribution in [0.1, 0.15) is 24.0 Å². The highest BCUT2D eigenvalue weighted by molar-refractivity contribution is 6.31. The quantitative estimate of drug-likeness (QED) is 0.441. The lowest BCUT2D eigenvalue weighted by molar-refractivity contribution is -0.938. The van der Waals surface area contributed by atoms with Crippen LogP contribution in [0.5, 0.6) is 0 Å². The number of fused-ring (bicyclic) bond motifs is 5. The minimum atomic E-state index is -2.00. The monoisotopic (exact) mass is 448 g/mol. The Morgan fingerprint density at radius 2 is 1.53 bits per heavy atom. The van der Waals surface area contributed by atoms with E-state index in [1.807, 2.05) is 0 Å². The zero-order valence-electron chi connectivity index (χ0n) is 16.8. The predicted molar refractivity (Wildman–Crippen MR) is 113 cm³/mol. The summed E-state index contributed by atoms with van der Waals surface area (Å²) in [6.07, 6.45) is 1.69. The number of hydrogen-bond acceptors (Lipinski definition) is 4. The molecule has 3 heterocycles. The number of carbonyl (C=O) groups excluding carboxylic acids is 1. The summed E-state index contributed by atoms with van der Waals surface area (Å²) in [6.45, 7) is 0. The Morgan fingerprint density at radius 1 is 1.03 bits per heavy atom. The maximum atomic E-state index is 13.4. The van der Waals surface area contributed by atoms with Crippen molar-refractivity contribution in [1.29, 1.82) is 0 Å². The highest BCUT2D eigenvalue weighted by Crippen LogP contribution is 2.52. The van der Waals surface area contributed by atoms with Crippen molar-refractivity contribution in [2.75, 3.05) is 14.1 Å². The average molecular weight is 449 g/mol. The summed E-state index contributed by atoms with van der Waals surface area (Å²) in [6, 6.07) is 13.9. The van der Waals surface area contributed by atoms with Gasteiger partial charge in [0.2, 0.25) is 5.60 Å². The first-order chi connectivity index (χ1) is 14.2. The topological polar surface area (TPSA) is 59.1 Å². The fraction of sp³-hybridized carbons (Fsp3) is 0.435. The number of piperidine rings is 1. The Bertz CT molecular complexity index is 945.